The molecule has 0 amide bonds. The smallest absolute Gasteiger partial charge is 0.154 e. The number of rotatable bonds is 4. The Morgan fingerprint density at radius 3 is 2.50 bits per heavy atom. The van der Waals surface area contributed by atoms with Gasteiger partial charge in [0.15, 0.2) is 9.84 Å². The highest BCUT2D eigenvalue weighted by Gasteiger charge is 2.36. The van der Waals surface area contributed by atoms with E-state index in [4.69, 9.17) is 10.2 Å². The third-order valence-electron chi connectivity index (χ3n) is 1.99. The van der Waals surface area contributed by atoms with Crippen LogP contribution in [0.2, 0.25) is 0 Å². The fourth-order valence-corrected chi connectivity index (χ4v) is 4.88. The van der Waals surface area contributed by atoms with Crippen LogP contribution in [0.1, 0.15) is 0 Å². The van der Waals surface area contributed by atoms with Gasteiger partial charge in [-0.3, -0.25) is 0 Å². The summed E-state index contributed by atoms with van der Waals surface area (Å²) in [7, 11) is -3.11. The molecule has 1 saturated heterocycles. The Bertz CT molecular complexity index is 276. The predicted molar refractivity (Wildman–Crippen MR) is 54.0 cm³/mol. The summed E-state index contributed by atoms with van der Waals surface area (Å²) in [5.74, 6) is 0.00458. The van der Waals surface area contributed by atoms with Gasteiger partial charge in [0, 0.05) is 11.0 Å². The average Bonchev–Trinajstić information content (AvgIpc) is 2.35. The van der Waals surface area contributed by atoms with Gasteiger partial charge in [0.05, 0.1) is 30.3 Å². The minimum Gasteiger partial charge on any atom is -0.394 e. The summed E-state index contributed by atoms with van der Waals surface area (Å²) in [6.45, 7) is -0.345. The number of aliphatic hydroxyl groups is 3. The molecule has 7 heteroatoms. The van der Waals surface area contributed by atoms with E-state index in [0.717, 1.165) is 0 Å². The summed E-state index contributed by atoms with van der Waals surface area (Å²) in [6.07, 6.45) is -1.70. The van der Waals surface area contributed by atoms with Gasteiger partial charge in [0.1, 0.15) is 0 Å². The highest BCUT2D eigenvalue weighted by atomic mass is 32.2. The van der Waals surface area contributed by atoms with E-state index in [2.05, 4.69) is 0 Å². The van der Waals surface area contributed by atoms with Crippen LogP contribution in [-0.2, 0) is 9.84 Å². The highest BCUT2D eigenvalue weighted by Crippen LogP contribution is 2.25. The zero-order chi connectivity index (χ0) is 10.8. The van der Waals surface area contributed by atoms with Crippen molar-refractivity contribution in [3.05, 3.63) is 0 Å². The molecule has 0 bridgehead atoms. The molecule has 14 heavy (non-hydrogen) atoms. The molecule has 0 aromatic heterocycles. The van der Waals surface area contributed by atoms with Crippen LogP contribution in [0.15, 0.2) is 0 Å². The van der Waals surface area contributed by atoms with Gasteiger partial charge >= 0.3 is 0 Å². The summed E-state index contributed by atoms with van der Waals surface area (Å²) in [6, 6.07) is 0. The number of thioether (sulfide) groups is 1. The molecule has 1 heterocycles. The van der Waals surface area contributed by atoms with E-state index in [1.165, 1.54) is 11.8 Å². The first-order valence-corrected chi connectivity index (χ1v) is 7.10. The standard InChI is InChI=1S/C7H14O5S2/c8-1-5(9)2-13-7-4-14(11,12)3-6(7)10/h5-10H,1-4H2/t5?,6-,7-/m1/s1. The average molecular weight is 242 g/mol. The van der Waals surface area contributed by atoms with Crippen molar-refractivity contribution in [2.75, 3.05) is 23.9 Å². The second-order valence-corrected chi connectivity index (χ2v) is 6.78. The number of aliphatic hydroxyl groups excluding tert-OH is 3. The summed E-state index contributed by atoms with van der Waals surface area (Å²) >= 11 is 1.19. The minimum atomic E-state index is -3.11. The molecule has 1 fully saturated rings. The van der Waals surface area contributed by atoms with Crippen molar-refractivity contribution in [2.45, 2.75) is 17.5 Å². The Balaban J connectivity index is 2.40. The summed E-state index contributed by atoms with van der Waals surface area (Å²) in [4.78, 5) is 0. The van der Waals surface area contributed by atoms with Crippen LogP contribution in [0.3, 0.4) is 0 Å². The third-order valence-corrected chi connectivity index (χ3v) is 5.40. The van der Waals surface area contributed by atoms with Crippen LogP contribution < -0.4 is 0 Å². The molecule has 1 unspecified atom stereocenters. The normalized spacial score (nSPS) is 33.1. The van der Waals surface area contributed by atoms with E-state index in [-0.39, 0.29) is 29.1 Å². The lowest BCUT2D eigenvalue weighted by molar-refractivity contribution is 0.113. The van der Waals surface area contributed by atoms with Crippen molar-refractivity contribution >= 4 is 21.6 Å². The number of hydrogen-bond donors (Lipinski definition) is 3. The summed E-state index contributed by atoms with van der Waals surface area (Å²) < 4.78 is 22.2. The molecule has 1 aliphatic rings. The monoisotopic (exact) mass is 242 g/mol. The molecular weight excluding hydrogens is 228 g/mol. The highest BCUT2D eigenvalue weighted by molar-refractivity contribution is 8.01. The van der Waals surface area contributed by atoms with Crippen molar-refractivity contribution in [3.8, 4) is 0 Å². The predicted octanol–water partition coefficient (Wildman–Crippen LogP) is -1.77. The Hall–Kier alpha value is 0.180. The Labute approximate surface area is 87.1 Å². The van der Waals surface area contributed by atoms with Crippen LogP contribution in [0.25, 0.3) is 0 Å². The largest absolute Gasteiger partial charge is 0.394 e. The number of hydrogen-bond acceptors (Lipinski definition) is 6. The maximum absolute atomic E-state index is 11.1. The lowest BCUT2D eigenvalue weighted by Gasteiger charge is -2.13. The lowest BCUT2D eigenvalue weighted by atomic mass is 10.3. The first kappa shape index (κ1) is 12.3. The van der Waals surface area contributed by atoms with Crippen LogP contribution in [0.4, 0.5) is 0 Å². The van der Waals surface area contributed by atoms with Crippen molar-refractivity contribution in [2.24, 2.45) is 0 Å². The van der Waals surface area contributed by atoms with Gasteiger partial charge in [-0.2, -0.15) is 11.8 Å². The van der Waals surface area contributed by atoms with Crippen molar-refractivity contribution in [1.29, 1.82) is 0 Å². The van der Waals surface area contributed by atoms with Gasteiger partial charge < -0.3 is 15.3 Å². The van der Waals surface area contributed by atoms with E-state index >= 15 is 0 Å². The molecule has 0 aromatic carbocycles. The molecule has 0 aliphatic carbocycles. The van der Waals surface area contributed by atoms with E-state index in [0.29, 0.717) is 0 Å². The Morgan fingerprint density at radius 2 is 2.07 bits per heavy atom. The fraction of sp³-hybridized carbons (Fsp3) is 1.00. The van der Waals surface area contributed by atoms with Gasteiger partial charge in [0.25, 0.3) is 0 Å². The third kappa shape index (κ3) is 3.39. The molecule has 84 valence electrons. The lowest BCUT2D eigenvalue weighted by Crippen LogP contribution is -2.24. The fourth-order valence-electron chi connectivity index (χ4n) is 1.24. The minimum absolute atomic E-state index is 0.0447. The number of sulfone groups is 1. The van der Waals surface area contributed by atoms with E-state index < -0.39 is 22.0 Å². The van der Waals surface area contributed by atoms with E-state index in [1.807, 2.05) is 0 Å². The zero-order valence-corrected chi connectivity index (χ0v) is 9.17. The maximum atomic E-state index is 11.1. The Morgan fingerprint density at radius 1 is 1.43 bits per heavy atom. The van der Waals surface area contributed by atoms with Crippen LogP contribution in [0, 0.1) is 0 Å². The molecule has 3 N–H and O–H groups in total. The molecule has 1 rings (SSSR count). The second kappa shape index (κ2) is 4.80. The summed E-state index contributed by atoms with van der Waals surface area (Å²) in [5, 5.41) is 26.6. The molecule has 0 spiro atoms. The van der Waals surface area contributed by atoms with Crippen LogP contribution in [0.5, 0.6) is 0 Å². The molecule has 5 nitrogen and oxygen atoms in total. The van der Waals surface area contributed by atoms with Crippen molar-refractivity contribution < 1.29 is 23.7 Å². The van der Waals surface area contributed by atoms with Crippen molar-refractivity contribution in [1.82, 2.24) is 0 Å². The molecular formula is C7H14O5S2. The molecule has 3 atom stereocenters. The molecule has 1 aliphatic heterocycles. The SMILES string of the molecule is O=S1(=O)C[C@@H](O)[C@H](SCC(O)CO)C1. The van der Waals surface area contributed by atoms with Crippen LogP contribution in [-0.4, -0.2) is 65.1 Å². The Kier molecular flexibility index (Phi) is 4.20. The van der Waals surface area contributed by atoms with Gasteiger partial charge in [-0.05, 0) is 0 Å². The van der Waals surface area contributed by atoms with Gasteiger partial charge in [0.2, 0.25) is 0 Å². The van der Waals surface area contributed by atoms with Gasteiger partial charge in [-0.15, -0.1) is 0 Å². The molecule has 0 radical (unpaired) electrons. The molecule has 0 aromatic rings. The first-order chi connectivity index (χ1) is 6.44. The summed E-state index contributed by atoms with van der Waals surface area (Å²) in [5.41, 5.74) is 0. The maximum Gasteiger partial charge on any atom is 0.154 e. The quantitative estimate of drug-likeness (QED) is 0.540. The second-order valence-electron chi connectivity index (χ2n) is 3.35. The van der Waals surface area contributed by atoms with Crippen LogP contribution >= 0.6 is 11.8 Å². The topological polar surface area (TPSA) is 94.8 Å². The van der Waals surface area contributed by atoms with E-state index in [1.54, 1.807) is 0 Å². The molecule has 0 saturated carbocycles. The van der Waals surface area contributed by atoms with Gasteiger partial charge in [-0.25, -0.2) is 8.42 Å². The zero-order valence-electron chi connectivity index (χ0n) is 7.54. The van der Waals surface area contributed by atoms with Crippen molar-refractivity contribution in [3.63, 3.8) is 0 Å². The van der Waals surface area contributed by atoms with E-state index in [9.17, 15) is 13.5 Å². The first-order valence-electron chi connectivity index (χ1n) is 4.23. The van der Waals surface area contributed by atoms with Gasteiger partial charge in [-0.1, -0.05) is 0 Å².